The number of piperazine rings is 1. The second-order valence-corrected chi connectivity index (χ2v) is 8.67. The summed E-state index contributed by atoms with van der Waals surface area (Å²) in [7, 11) is 2.02. The van der Waals surface area contributed by atoms with E-state index in [1.165, 1.54) is 12.4 Å². The third-order valence-electron chi connectivity index (χ3n) is 6.10. The van der Waals surface area contributed by atoms with Crippen molar-refractivity contribution in [1.29, 1.82) is 0 Å². The summed E-state index contributed by atoms with van der Waals surface area (Å²) in [5.41, 5.74) is 3.66. The number of pyridine rings is 2. The molecular formula is C26H23F3N6O2. The molecule has 5 rings (SSSR count). The first-order chi connectivity index (χ1) is 17.8. The number of anilines is 1. The van der Waals surface area contributed by atoms with Crippen LogP contribution in [0.4, 0.5) is 18.9 Å². The van der Waals surface area contributed by atoms with Crippen LogP contribution in [0.1, 0.15) is 0 Å². The number of nitrogens with one attached hydrogen (secondary N) is 1. The number of H-pyrrole nitrogens is 1. The number of aromatic nitrogens is 4. The van der Waals surface area contributed by atoms with Gasteiger partial charge in [-0.3, -0.25) is 4.98 Å². The molecule has 4 aromatic rings. The van der Waals surface area contributed by atoms with Gasteiger partial charge in [0.2, 0.25) is 5.88 Å². The predicted molar refractivity (Wildman–Crippen MR) is 132 cm³/mol. The molecule has 0 amide bonds. The van der Waals surface area contributed by atoms with Crippen LogP contribution < -0.4 is 9.64 Å². The van der Waals surface area contributed by atoms with Crippen LogP contribution in [0, 0.1) is 0 Å². The zero-order valence-electron chi connectivity index (χ0n) is 19.9. The zero-order valence-corrected chi connectivity index (χ0v) is 19.9. The molecule has 1 fully saturated rings. The number of ether oxygens (including phenoxy) is 1. The molecule has 37 heavy (non-hydrogen) atoms. The number of hydrogen-bond donors (Lipinski definition) is 1. The normalized spacial score (nSPS) is 14.5. The molecule has 190 valence electrons. The Hall–Kier alpha value is -4.25. The highest BCUT2D eigenvalue weighted by molar-refractivity contribution is 5.82. The van der Waals surface area contributed by atoms with E-state index < -0.39 is 18.0 Å². The molecule has 0 saturated carbocycles. The van der Waals surface area contributed by atoms with Gasteiger partial charge in [-0.05, 0) is 36.4 Å². The number of alkyl halides is 3. The van der Waals surface area contributed by atoms with Crippen molar-refractivity contribution in [1.82, 2.24) is 24.8 Å². The number of halogens is 3. The summed E-state index contributed by atoms with van der Waals surface area (Å²) in [4.78, 5) is 32.0. The van der Waals surface area contributed by atoms with Gasteiger partial charge in [-0.2, -0.15) is 13.2 Å². The monoisotopic (exact) mass is 508 g/mol. The van der Waals surface area contributed by atoms with Gasteiger partial charge in [0.05, 0.1) is 23.8 Å². The third-order valence-corrected chi connectivity index (χ3v) is 6.10. The Morgan fingerprint density at radius 3 is 2.43 bits per heavy atom. The van der Waals surface area contributed by atoms with E-state index in [0.29, 0.717) is 17.1 Å². The molecule has 3 aromatic heterocycles. The molecular weight excluding hydrogens is 485 g/mol. The van der Waals surface area contributed by atoms with E-state index in [2.05, 4.69) is 34.5 Å². The maximum Gasteiger partial charge on any atom is 0.491 e. The molecule has 11 heteroatoms. The van der Waals surface area contributed by atoms with Gasteiger partial charge in [-0.25, -0.2) is 14.8 Å². The van der Waals surface area contributed by atoms with Crippen LogP contribution in [0.15, 0.2) is 67.1 Å². The minimum absolute atomic E-state index is 0.243. The fourth-order valence-corrected chi connectivity index (χ4v) is 4.06. The van der Waals surface area contributed by atoms with Crippen molar-refractivity contribution in [2.24, 2.45) is 0 Å². The van der Waals surface area contributed by atoms with Gasteiger partial charge in [0.25, 0.3) is 0 Å². The van der Waals surface area contributed by atoms with Crippen molar-refractivity contribution < 1.29 is 22.7 Å². The van der Waals surface area contributed by atoms with E-state index in [1.807, 2.05) is 37.4 Å². The average molecular weight is 509 g/mol. The first-order valence-electron chi connectivity index (χ1n) is 11.6. The van der Waals surface area contributed by atoms with Crippen LogP contribution in [-0.4, -0.2) is 70.2 Å². The number of hydrogen-bond acceptors (Lipinski definition) is 7. The highest BCUT2D eigenvalue weighted by Crippen LogP contribution is 2.35. The highest BCUT2D eigenvalue weighted by Gasteiger charge is 2.42. The van der Waals surface area contributed by atoms with Gasteiger partial charge in [0.1, 0.15) is 5.69 Å². The van der Waals surface area contributed by atoms with Crippen molar-refractivity contribution in [3.05, 3.63) is 67.1 Å². The predicted octanol–water partition coefficient (Wildman–Crippen LogP) is 4.42. The van der Waals surface area contributed by atoms with Crippen LogP contribution in [0.25, 0.3) is 33.9 Å². The number of benzene rings is 1. The Balaban J connectivity index is 1.52. The van der Waals surface area contributed by atoms with Crippen molar-refractivity contribution in [2.45, 2.75) is 6.18 Å². The van der Waals surface area contributed by atoms with E-state index >= 15 is 0 Å². The molecule has 0 spiro atoms. The zero-order chi connectivity index (χ0) is 26.0. The van der Waals surface area contributed by atoms with Gasteiger partial charge in [0.15, 0.2) is 5.82 Å². The van der Waals surface area contributed by atoms with Crippen LogP contribution in [0.2, 0.25) is 0 Å². The molecule has 1 aliphatic heterocycles. The van der Waals surface area contributed by atoms with Crippen molar-refractivity contribution in [2.75, 3.05) is 38.1 Å². The first kappa shape index (κ1) is 24.4. The summed E-state index contributed by atoms with van der Waals surface area (Å²) in [6.07, 6.45) is -0.520. The van der Waals surface area contributed by atoms with Gasteiger partial charge >= 0.3 is 12.1 Å². The Bertz CT molecular complexity index is 1400. The number of carbonyl (C=O) groups is 1. The van der Waals surface area contributed by atoms with E-state index in [-0.39, 0.29) is 5.56 Å². The minimum atomic E-state index is -5.15. The quantitative estimate of drug-likeness (QED) is 0.400. The maximum atomic E-state index is 13.0. The maximum absolute atomic E-state index is 13.0. The molecule has 0 aliphatic carbocycles. The number of rotatable bonds is 5. The SMILES string of the molecule is CN1CCN(c2cnc(OC(=O)C(F)(F)F)c(-c3ccnc(-c4ncc(-c5ccccc5)[nH]4)c3)c2)CC1. The third kappa shape index (κ3) is 5.46. The molecule has 0 radical (unpaired) electrons. The van der Waals surface area contributed by atoms with Gasteiger partial charge < -0.3 is 19.5 Å². The smallest absolute Gasteiger partial charge is 0.400 e. The van der Waals surface area contributed by atoms with Crippen LogP contribution in [-0.2, 0) is 4.79 Å². The summed E-state index contributed by atoms with van der Waals surface area (Å²) >= 11 is 0. The van der Waals surface area contributed by atoms with E-state index in [4.69, 9.17) is 0 Å². The summed E-state index contributed by atoms with van der Waals surface area (Å²) in [5, 5.41) is 0. The molecule has 1 aromatic carbocycles. The summed E-state index contributed by atoms with van der Waals surface area (Å²) in [5.74, 6) is -2.28. The second-order valence-electron chi connectivity index (χ2n) is 8.67. The van der Waals surface area contributed by atoms with Gasteiger partial charge in [-0.15, -0.1) is 0 Å². The van der Waals surface area contributed by atoms with Crippen LogP contribution >= 0.6 is 0 Å². The van der Waals surface area contributed by atoms with Gasteiger partial charge in [0, 0.05) is 37.9 Å². The van der Waals surface area contributed by atoms with Crippen molar-refractivity contribution in [3.63, 3.8) is 0 Å². The summed E-state index contributed by atoms with van der Waals surface area (Å²) in [6.45, 7) is 3.13. The number of esters is 1. The molecule has 1 N–H and O–H groups in total. The topological polar surface area (TPSA) is 87.2 Å². The Morgan fingerprint density at radius 2 is 1.70 bits per heavy atom. The highest BCUT2D eigenvalue weighted by atomic mass is 19.4. The lowest BCUT2D eigenvalue weighted by Crippen LogP contribution is -2.44. The van der Waals surface area contributed by atoms with Crippen LogP contribution in [0.3, 0.4) is 0 Å². The molecule has 0 unspecified atom stereocenters. The second kappa shape index (κ2) is 10.0. The van der Waals surface area contributed by atoms with E-state index in [9.17, 15) is 18.0 Å². The van der Waals surface area contributed by atoms with Crippen molar-refractivity contribution >= 4 is 11.7 Å². The lowest BCUT2D eigenvalue weighted by molar-refractivity contribution is -0.189. The molecule has 1 aliphatic rings. The molecule has 4 heterocycles. The molecule has 0 bridgehead atoms. The first-order valence-corrected chi connectivity index (χ1v) is 11.6. The standard InChI is InChI=1S/C26H23F3N6O2/c1-34-9-11-35(12-10-34)19-14-20(24(32-15-19)37-25(36)26(27,28)29)18-7-8-30-21(13-18)23-31-16-22(33-23)17-5-3-2-4-6-17/h2-8,13-16H,9-12H2,1H3,(H,31,33). The van der Waals surface area contributed by atoms with Gasteiger partial charge in [-0.1, -0.05) is 30.3 Å². The Labute approximate surface area is 210 Å². The largest absolute Gasteiger partial charge is 0.491 e. The average Bonchev–Trinajstić information content (AvgIpc) is 3.40. The fourth-order valence-electron chi connectivity index (χ4n) is 4.06. The summed E-state index contributed by atoms with van der Waals surface area (Å²) in [6, 6.07) is 14.6. The number of aromatic amines is 1. The number of carbonyl (C=O) groups excluding carboxylic acids is 1. The van der Waals surface area contributed by atoms with Crippen molar-refractivity contribution in [3.8, 4) is 39.8 Å². The number of nitrogens with zero attached hydrogens (tertiary/aromatic N) is 5. The lowest BCUT2D eigenvalue weighted by atomic mass is 10.1. The number of imidazole rings is 1. The Kier molecular flexibility index (Phi) is 6.62. The lowest BCUT2D eigenvalue weighted by Gasteiger charge is -2.34. The van der Waals surface area contributed by atoms with E-state index in [1.54, 1.807) is 24.4 Å². The van der Waals surface area contributed by atoms with Crippen LogP contribution in [0.5, 0.6) is 5.88 Å². The number of likely N-dealkylation sites (N-methyl/N-ethyl adjacent to an activating group) is 1. The molecule has 0 atom stereocenters. The molecule has 1 saturated heterocycles. The summed E-state index contributed by atoms with van der Waals surface area (Å²) < 4.78 is 43.6. The fraction of sp³-hybridized carbons (Fsp3) is 0.231. The minimum Gasteiger partial charge on any atom is -0.400 e. The molecule has 8 nitrogen and oxygen atoms in total. The van der Waals surface area contributed by atoms with E-state index in [0.717, 1.165) is 43.1 Å². The Morgan fingerprint density at radius 1 is 0.946 bits per heavy atom.